The first-order chi connectivity index (χ1) is 7.27. The summed E-state index contributed by atoms with van der Waals surface area (Å²) in [4.78, 5) is 0. The Hall–Kier alpha value is -0.640. The minimum absolute atomic E-state index is 0. The second-order valence-corrected chi connectivity index (χ2v) is 4.08. The molecule has 1 aromatic rings. The zero-order chi connectivity index (χ0) is 10.7. The number of aliphatic hydroxyl groups is 1. The van der Waals surface area contributed by atoms with Gasteiger partial charge in [-0.15, -0.1) is 12.4 Å². The quantitative estimate of drug-likeness (QED) is 0.838. The Morgan fingerprint density at radius 3 is 2.31 bits per heavy atom. The summed E-state index contributed by atoms with van der Waals surface area (Å²) in [6, 6.07) is 6.14. The normalized spacial score (nSPS) is 18.9. The lowest BCUT2D eigenvalue weighted by Crippen LogP contribution is -2.30. The van der Waals surface area contributed by atoms with Gasteiger partial charge in [-0.25, -0.2) is 4.39 Å². The highest BCUT2D eigenvalue weighted by atomic mass is 35.5. The number of aliphatic hydroxyl groups excluding tert-OH is 1. The van der Waals surface area contributed by atoms with Crippen molar-refractivity contribution in [1.82, 2.24) is 5.32 Å². The van der Waals surface area contributed by atoms with Crippen molar-refractivity contribution in [2.75, 3.05) is 13.1 Å². The maximum atomic E-state index is 12.7. The van der Waals surface area contributed by atoms with Gasteiger partial charge in [0.05, 0.1) is 6.10 Å². The Bertz CT molecular complexity index is 311. The summed E-state index contributed by atoms with van der Waals surface area (Å²) in [5.41, 5.74) is 0.823. The number of hydrogen-bond donors (Lipinski definition) is 2. The molecule has 1 fully saturated rings. The number of nitrogens with one attached hydrogen (secondary N) is 1. The lowest BCUT2D eigenvalue weighted by atomic mass is 9.88. The molecule has 2 N–H and O–H groups in total. The largest absolute Gasteiger partial charge is 0.388 e. The zero-order valence-electron chi connectivity index (χ0n) is 9.03. The Kier molecular flexibility index (Phi) is 5.19. The number of piperidine rings is 1. The molecule has 16 heavy (non-hydrogen) atoms. The molecule has 0 amide bonds. The fourth-order valence-electron chi connectivity index (χ4n) is 2.09. The van der Waals surface area contributed by atoms with E-state index in [1.54, 1.807) is 12.1 Å². The molecule has 1 atom stereocenters. The van der Waals surface area contributed by atoms with Crippen LogP contribution in [-0.4, -0.2) is 18.2 Å². The monoisotopic (exact) mass is 245 g/mol. The SMILES string of the molecule is Cl.OC(c1ccc(F)cc1)C1CCNCC1. The molecule has 1 saturated heterocycles. The van der Waals surface area contributed by atoms with E-state index in [-0.39, 0.29) is 18.2 Å². The average molecular weight is 246 g/mol. The lowest BCUT2D eigenvalue weighted by molar-refractivity contribution is 0.0889. The van der Waals surface area contributed by atoms with Crippen molar-refractivity contribution in [1.29, 1.82) is 0 Å². The smallest absolute Gasteiger partial charge is 0.123 e. The second-order valence-electron chi connectivity index (χ2n) is 4.08. The number of rotatable bonds is 2. The molecule has 1 heterocycles. The molecule has 0 spiro atoms. The van der Waals surface area contributed by atoms with Crippen LogP contribution in [0.15, 0.2) is 24.3 Å². The third-order valence-corrected chi connectivity index (χ3v) is 3.04. The van der Waals surface area contributed by atoms with E-state index in [4.69, 9.17) is 0 Å². The topological polar surface area (TPSA) is 32.3 Å². The molecule has 0 bridgehead atoms. The van der Waals surface area contributed by atoms with Crippen LogP contribution < -0.4 is 5.32 Å². The third kappa shape index (κ3) is 3.17. The van der Waals surface area contributed by atoms with Gasteiger partial charge in [-0.2, -0.15) is 0 Å². The summed E-state index contributed by atoms with van der Waals surface area (Å²) in [6.07, 6.45) is 1.52. The summed E-state index contributed by atoms with van der Waals surface area (Å²) in [6.45, 7) is 1.92. The number of hydrogen-bond acceptors (Lipinski definition) is 2. The van der Waals surface area contributed by atoms with E-state index in [2.05, 4.69) is 5.32 Å². The maximum Gasteiger partial charge on any atom is 0.123 e. The predicted octanol–water partition coefficient (Wildman–Crippen LogP) is 2.28. The molecular formula is C12H17ClFNO. The van der Waals surface area contributed by atoms with Crippen molar-refractivity contribution in [3.63, 3.8) is 0 Å². The summed E-state index contributed by atoms with van der Waals surface area (Å²) in [7, 11) is 0. The van der Waals surface area contributed by atoms with Crippen LogP contribution in [0.5, 0.6) is 0 Å². The first kappa shape index (κ1) is 13.4. The molecule has 1 unspecified atom stereocenters. The number of halogens is 2. The molecule has 1 aromatic carbocycles. The van der Waals surface area contributed by atoms with E-state index >= 15 is 0 Å². The van der Waals surface area contributed by atoms with Gasteiger partial charge >= 0.3 is 0 Å². The first-order valence-electron chi connectivity index (χ1n) is 5.41. The molecule has 0 aromatic heterocycles. The Labute approximate surface area is 101 Å². The van der Waals surface area contributed by atoms with Crippen LogP contribution in [-0.2, 0) is 0 Å². The van der Waals surface area contributed by atoms with E-state index in [0.717, 1.165) is 31.5 Å². The summed E-state index contributed by atoms with van der Waals surface area (Å²) in [5.74, 6) is 0.0490. The van der Waals surface area contributed by atoms with Crippen molar-refractivity contribution < 1.29 is 9.50 Å². The molecule has 90 valence electrons. The highest BCUT2D eigenvalue weighted by Crippen LogP contribution is 2.28. The van der Waals surface area contributed by atoms with E-state index in [1.807, 2.05) is 0 Å². The maximum absolute atomic E-state index is 12.7. The second kappa shape index (κ2) is 6.18. The summed E-state index contributed by atoms with van der Waals surface area (Å²) in [5, 5.41) is 13.3. The first-order valence-corrected chi connectivity index (χ1v) is 5.41. The van der Waals surface area contributed by atoms with E-state index in [9.17, 15) is 9.50 Å². The molecule has 4 heteroatoms. The fourth-order valence-corrected chi connectivity index (χ4v) is 2.09. The van der Waals surface area contributed by atoms with Gasteiger partial charge in [0.2, 0.25) is 0 Å². The van der Waals surface area contributed by atoms with Gasteiger partial charge in [-0.1, -0.05) is 12.1 Å². The minimum Gasteiger partial charge on any atom is -0.388 e. The summed E-state index contributed by atoms with van der Waals surface area (Å²) >= 11 is 0. The van der Waals surface area contributed by atoms with Gasteiger partial charge in [0.1, 0.15) is 5.82 Å². The fraction of sp³-hybridized carbons (Fsp3) is 0.500. The van der Waals surface area contributed by atoms with E-state index in [1.165, 1.54) is 12.1 Å². The van der Waals surface area contributed by atoms with Crippen molar-refractivity contribution in [2.24, 2.45) is 5.92 Å². The average Bonchev–Trinajstić information content (AvgIpc) is 2.30. The Morgan fingerprint density at radius 1 is 1.19 bits per heavy atom. The summed E-state index contributed by atoms with van der Waals surface area (Å²) < 4.78 is 12.7. The van der Waals surface area contributed by atoms with Gasteiger partial charge in [0, 0.05) is 0 Å². The molecule has 0 saturated carbocycles. The van der Waals surface area contributed by atoms with E-state index < -0.39 is 6.10 Å². The standard InChI is InChI=1S/C12H16FNO.ClH/c13-11-3-1-9(2-4-11)12(15)10-5-7-14-8-6-10;/h1-4,10,12,14-15H,5-8H2;1H. The van der Waals surface area contributed by atoms with Crippen LogP contribution in [0.1, 0.15) is 24.5 Å². The van der Waals surface area contributed by atoms with Crippen molar-refractivity contribution in [3.8, 4) is 0 Å². The highest BCUT2D eigenvalue weighted by molar-refractivity contribution is 5.85. The minimum atomic E-state index is -0.451. The van der Waals surface area contributed by atoms with Crippen molar-refractivity contribution >= 4 is 12.4 Å². The van der Waals surface area contributed by atoms with Gasteiger partial charge in [-0.05, 0) is 49.5 Å². The number of benzene rings is 1. The predicted molar refractivity (Wildman–Crippen MR) is 64.2 cm³/mol. The van der Waals surface area contributed by atoms with Crippen LogP contribution in [0.2, 0.25) is 0 Å². The Morgan fingerprint density at radius 2 is 1.75 bits per heavy atom. The van der Waals surface area contributed by atoms with Gasteiger partial charge in [0.25, 0.3) is 0 Å². The Balaban J connectivity index is 0.00000128. The van der Waals surface area contributed by atoms with Crippen LogP contribution in [0.4, 0.5) is 4.39 Å². The molecular weight excluding hydrogens is 229 g/mol. The highest BCUT2D eigenvalue weighted by Gasteiger charge is 2.22. The van der Waals surface area contributed by atoms with Crippen molar-refractivity contribution in [2.45, 2.75) is 18.9 Å². The van der Waals surface area contributed by atoms with Gasteiger partial charge in [-0.3, -0.25) is 0 Å². The van der Waals surface area contributed by atoms with Crippen LogP contribution in [0.25, 0.3) is 0 Å². The zero-order valence-corrected chi connectivity index (χ0v) is 9.84. The molecule has 2 nitrogen and oxygen atoms in total. The lowest BCUT2D eigenvalue weighted by Gasteiger charge is -2.27. The molecule has 0 aliphatic carbocycles. The van der Waals surface area contributed by atoms with Crippen LogP contribution in [0, 0.1) is 11.7 Å². The van der Waals surface area contributed by atoms with Crippen molar-refractivity contribution in [3.05, 3.63) is 35.6 Å². The third-order valence-electron chi connectivity index (χ3n) is 3.04. The molecule has 0 radical (unpaired) electrons. The van der Waals surface area contributed by atoms with Gasteiger partial charge in [0.15, 0.2) is 0 Å². The van der Waals surface area contributed by atoms with Gasteiger partial charge < -0.3 is 10.4 Å². The van der Waals surface area contributed by atoms with Crippen LogP contribution >= 0.6 is 12.4 Å². The van der Waals surface area contributed by atoms with Crippen LogP contribution in [0.3, 0.4) is 0 Å². The molecule has 2 rings (SSSR count). The van der Waals surface area contributed by atoms with E-state index in [0.29, 0.717) is 5.92 Å². The molecule has 1 aliphatic heterocycles. The molecule has 1 aliphatic rings.